The highest BCUT2D eigenvalue weighted by atomic mass is 16.5. The Morgan fingerprint density at radius 2 is 2.00 bits per heavy atom. The van der Waals surface area contributed by atoms with Crippen molar-refractivity contribution in [2.24, 2.45) is 5.73 Å². The lowest BCUT2D eigenvalue weighted by Crippen LogP contribution is -2.19. The van der Waals surface area contributed by atoms with Crippen molar-refractivity contribution in [3.63, 3.8) is 0 Å². The molecule has 0 aliphatic heterocycles. The maximum atomic E-state index is 5.55. The summed E-state index contributed by atoms with van der Waals surface area (Å²) >= 11 is 0. The first kappa shape index (κ1) is 11.2. The van der Waals surface area contributed by atoms with Crippen LogP contribution < -0.4 is 5.73 Å². The molecule has 78 valence electrons. The monoisotopic (exact) mass is 193 g/mol. The van der Waals surface area contributed by atoms with Gasteiger partial charge in [-0.1, -0.05) is 18.2 Å². The Morgan fingerprint density at radius 1 is 1.29 bits per heavy atom. The Labute approximate surface area is 86.1 Å². The van der Waals surface area contributed by atoms with E-state index >= 15 is 0 Å². The molecular weight excluding hydrogens is 174 g/mol. The zero-order chi connectivity index (χ0) is 10.6. The summed E-state index contributed by atoms with van der Waals surface area (Å²) in [5, 5.41) is 0. The van der Waals surface area contributed by atoms with Gasteiger partial charge in [0.25, 0.3) is 0 Å². The molecule has 0 heterocycles. The molecule has 0 amide bonds. The van der Waals surface area contributed by atoms with E-state index in [1.165, 1.54) is 16.7 Å². The number of ether oxygens (including phenoxy) is 1. The standard InChI is InChI=1S/C12H19NO/c1-9-4-5-12(6-10(9)2)8-14-11(3)7-13/h4-6,11H,7-8,13H2,1-3H3/t11-/m0/s1. The van der Waals surface area contributed by atoms with Gasteiger partial charge in [0, 0.05) is 6.54 Å². The van der Waals surface area contributed by atoms with E-state index in [0.717, 1.165) is 0 Å². The summed E-state index contributed by atoms with van der Waals surface area (Å²) in [7, 11) is 0. The minimum absolute atomic E-state index is 0.136. The maximum Gasteiger partial charge on any atom is 0.0721 e. The lowest BCUT2D eigenvalue weighted by atomic mass is 10.1. The largest absolute Gasteiger partial charge is 0.373 e. The molecule has 1 rings (SSSR count). The number of hydrogen-bond donors (Lipinski definition) is 1. The average Bonchev–Trinajstić information content (AvgIpc) is 2.19. The van der Waals surface area contributed by atoms with E-state index in [9.17, 15) is 0 Å². The fraction of sp³-hybridized carbons (Fsp3) is 0.500. The van der Waals surface area contributed by atoms with Gasteiger partial charge in [-0.2, -0.15) is 0 Å². The molecule has 0 aromatic heterocycles. The summed E-state index contributed by atoms with van der Waals surface area (Å²) in [6.07, 6.45) is 0.136. The van der Waals surface area contributed by atoms with Gasteiger partial charge in [-0.25, -0.2) is 0 Å². The van der Waals surface area contributed by atoms with Crippen molar-refractivity contribution in [3.05, 3.63) is 34.9 Å². The lowest BCUT2D eigenvalue weighted by Gasteiger charge is -2.11. The van der Waals surface area contributed by atoms with E-state index in [2.05, 4.69) is 32.0 Å². The van der Waals surface area contributed by atoms with Gasteiger partial charge in [-0.15, -0.1) is 0 Å². The quantitative estimate of drug-likeness (QED) is 0.795. The second kappa shape index (κ2) is 5.13. The molecule has 2 N–H and O–H groups in total. The van der Waals surface area contributed by atoms with Crippen LogP contribution in [-0.4, -0.2) is 12.6 Å². The normalized spacial score (nSPS) is 12.9. The van der Waals surface area contributed by atoms with Gasteiger partial charge in [-0.3, -0.25) is 0 Å². The second-order valence-electron chi connectivity index (χ2n) is 3.78. The lowest BCUT2D eigenvalue weighted by molar-refractivity contribution is 0.0589. The predicted octanol–water partition coefficient (Wildman–Crippen LogP) is 2.17. The number of benzene rings is 1. The Kier molecular flexibility index (Phi) is 4.11. The number of aryl methyl sites for hydroxylation is 2. The SMILES string of the molecule is Cc1ccc(CO[C@@H](C)CN)cc1C. The van der Waals surface area contributed by atoms with Crippen molar-refractivity contribution in [3.8, 4) is 0 Å². The molecule has 0 saturated carbocycles. The summed E-state index contributed by atoms with van der Waals surface area (Å²) in [6, 6.07) is 6.39. The van der Waals surface area contributed by atoms with Crippen molar-refractivity contribution in [2.75, 3.05) is 6.54 Å². The number of rotatable bonds is 4. The van der Waals surface area contributed by atoms with Gasteiger partial charge in [0.1, 0.15) is 0 Å². The van der Waals surface area contributed by atoms with Crippen LogP contribution in [0.4, 0.5) is 0 Å². The third-order valence-corrected chi connectivity index (χ3v) is 2.44. The van der Waals surface area contributed by atoms with Crippen molar-refractivity contribution >= 4 is 0 Å². The van der Waals surface area contributed by atoms with Crippen molar-refractivity contribution in [2.45, 2.75) is 33.5 Å². The van der Waals surface area contributed by atoms with Gasteiger partial charge < -0.3 is 10.5 Å². The van der Waals surface area contributed by atoms with Crippen LogP contribution in [0.2, 0.25) is 0 Å². The zero-order valence-electron chi connectivity index (χ0n) is 9.21. The van der Waals surface area contributed by atoms with Crippen LogP contribution in [0, 0.1) is 13.8 Å². The fourth-order valence-corrected chi connectivity index (χ4v) is 1.20. The van der Waals surface area contributed by atoms with Gasteiger partial charge in [-0.05, 0) is 37.5 Å². The Bertz CT molecular complexity index is 296. The molecule has 0 aliphatic carbocycles. The van der Waals surface area contributed by atoms with Crippen LogP contribution in [0.3, 0.4) is 0 Å². The first-order chi connectivity index (χ1) is 6.63. The number of hydrogen-bond acceptors (Lipinski definition) is 2. The van der Waals surface area contributed by atoms with Gasteiger partial charge in [0.15, 0.2) is 0 Å². The van der Waals surface area contributed by atoms with E-state index in [-0.39, 0.29) is 6.10 Å². The maximum absolute atomic E-state index is 5.55. The van der Waals surface area contributed by atoms with Crippen LogP contribution in [0.25, 0.3) is 0 Å². The Morgan fingerprint density at radius 3 is 2.57 bits per heavy atom. The fourth-order valence-electron chi connectivity index (χ4n) is 1.20. The molecule has 1 aromatic rings. The molecule has 2 nitrogen and oxygen atoms in total. The zero-order valence-corrected chi connectivity index (χ0v) is 9.21. The summed E-state index contributed by atoms with van der Waals surface area (Å²) in [5.74, 6) is 0. The van der Waals surface area contributed by atoms with Crippen LogP contribution in [0.15, 0.2) is 18.2 Å². The summed E-state index contributed by atoms with van der Waals surface area (Å²) in [4.78, 5) is 0. The highest BCUT2D eigenvalue weighted by Gasteiger charge is 2.00. The molecule has 1 atom stereocenters. The Hall–Kier alpha value is -0.860. The molecular formula is C12H19NO. The van der Waals surface area contributed by atoms with Crippen LogP contribution in [-0.2, 0) is 11.3 Å². The van der Waals surface area contributed by atoms with E-state index < -0.39 is 0 Å². The average molecular weight is 193 g/mol. The van der Waals surface area contributed by atoms with E-state index in [4.69, 9.17) is 10.5 Å². The van der Waals surface area contributed by atoms with Crippen LogP contribution in [0.5, 0.6) is 0 Å². The summed E-state index contributed by atoms with van der Waals surface area (Å²) in [6.45, 7) is 7.44. The molecule has 0 saturated heterocycles. The Balaban J connectivity index is 2.55. The van der Waals surface area contributed by atoms with E-state index in [1.807, 2.05) is 6.92 Å². The second-order valence-corrected chi connectivity index (χ2v) is 3.78. The third kappa shape index (κ3) is 3.13. The van der Waals surface area contributed by atoms with E-state index in [1.54, 1.807) is 0 Å². The highest BCUT2D eigenvalue weighted by Crippen LogP contribution is 2.11. The van der Waals surface area contributed by atoms with Gasteiger partial charge in [0.05, 0.1) is 12.7 Å². The predicted molar refractivity (Wildman–Crippen MR) is 59.2 cm³/mol. The molecule has 2 heteroatoms. The van der Waals surface area contributed by atoms with Crippen molar-refractivity contribution < 1.29 is 4.74 Å². The minimum atomic E-state index is 0.136. The first-order valence-corrected chi connectivity index (χ1v) is 5.01. The molecule has 0 bridgehead atoms. The first-order valence-electron chi connectivity index (χ1n) is 5.01. The van der Waals surface area contributed by atoms with Gasteiger partial charge >= 0.3 is 0 Å². The molecule has 0 fully saturated rings. The smallest absolute Gasteiger partial charge is 0.0721 e. The minimum Gasteiger partial charge on any atom is -0.373 e. The van der Waals surface area contributed by atoms with Crippen molar-refractivity contribution in [1.29, 1.82) is 0 Å². The van der Waals surface area contributed by atoms with E-state index in [0.29, 0.717) is 13.2 Å². The summed E-state index contributed by atoms with van der Waals surface area (Å²) in [5.41, 5.74) is 9.31. The molecule has 1 aromatic carbocycles. The topological polar surface area (TPSA) is 35.2 Å². The third-order valence-electron chi connectivity index (χ3n) is 2.44. The van der Waals surface area contributed by atoms with Gasteiger partial charge in [0.2, 0.25) is 0 Å². The molecule has 0 spiro atoms. The molecule has 0 unspecified atom stereocenters. The number of nitrogens with two attached hydrogens (primary N) is 1. The highest BCUT2D eigenvalue weighted by molar-refractivity contribution is 5.29. The van der Waals surface area contributed by atoms with Crippen LogP contribution >= 0.6 is 0 Å². The van der Waals surface area contributed by atoms with Crippen LogP contribution in [0.1, 0.15) is 23.6 Å². The summed E-state index contributed by atoms with van der Waals surface area (Å²) < 4.78 is 5.55. The molecule has 0 radical (unpaired) electrons. The molecule has 0 aliphatic rings. The molecule has 14 heavy (non-hydrogen) atoms. The van der Waals surface area contributed by atoms with Crippen molar-refractivity contribution in [1.82, 2.24) is 0 Å².